The van der Waals surface area contributed by atoms with Crippen LogP contribution < -0.4 is 5.32 Å². The Balaban J connectivity index is 1.92. The second kappa shape index (κ2) is 4.73. The van der Waals surface area contributed by atoms with Gasteiger partial charge in [0.1, 0.15) is 5.76 Å². The maximum atomic E-state index is 11.8. The summed E-state index contributed by atoms with van der Waals surface area (Å²) in [5.41, 5.74) is 3.34. The summed E-state index contributed by atoms with van der Waals surface area (Å²) in [5, 5.41) is 14.5. The number of carbonyl (C=O) groups is 1. The molecule has 0 saturated carbocycles. The van der Waals surface area contributed by atoms with Crippen molar-refractivity contribution in [3.8, 4) is 0 Å². The fourth-order valence-electron chi connectivity index (χ4n) is 2.02. The van der Waals surface area contributed by atoms with Crippen LogP contribution in [0.15, 0.2) is 39.0 Å². The van der Waals surface area contributed by atoms with Crippen molar-refractivity contribution in [2.45, 2.75) is 13.8 Å². The Morgan fingerprint density at radius 3 is 2.85 bits per heavy atom. The third-order valence-electron chi connectivity index (χ3n) is 3.08. The molecule has 0 saturated heterocycles. The molecule has 3 rings (SSSR count). The first kappa shape index (κ1) is 12.3. The highest BCUT2D eigenvalue weighted by molar-refractivity contribution is 6.53. The second-order valence-electron chi connectivity index (χ2n) is 4.43. The van der Waals surface area contributed by atoms with Crippen LogP contribution in [0.2, 0.25) is 0 Å². The zero-order valence-electron chi connectivity index (χ0n) is 11.0. The molecule has 1 aromatic carbocycles. The van der Waals surface area contributed by atoms with Crippen molar-refractivity contribution in [2.24, 2.45) is 10.2 Å². The summed E-state index contributed by atoms with van der Waals surface area (Å²) in [6.45, 7) is 3.62. The minimum atomic E-state index is -0.248. The van der Waals surface area contributed by atoms with E-state index in [0.717, 1.165) is 22.5 Å². The fourth-order valence-corrected chi connectivity index (χ4v) is 2.02. The predicted molar refractivity (Wildman–Crippen MR) is 75.2 cm³/mol. The van der Waals surface area contributed by atoms with Crippen LogP contribution in [0.3, 0.4) is 0 Å². The molecule has 1 N–H and O–H groups in total. The van der Waals surface area contributed by atoms with Crippen molar-refractivity contribution in [3.05, 3.63) is 46.8 Å². The molecule has 2 heterocycles. The minimum Gasteiger partial charge on any atom is -0.361 e. The molecule has 1 amide bonds. The number of carbonyl (C=O) groups excluding carboxylic acids is 1. The molecule has 0 spiro atoms. The van der Waals surface area contributed by atoms with Gasteiger partial charge in [0.25, 0.3) is 5.91 Å². The van der Waals surface area contributed by atoms with E-state index < -0.39 is 0 Å². The molecule has 1 aliphatic heterocycles. The molecule has 6 nitrogen and oxygen atoms in total. The Morgan fingerprint density at radius 2 is 2.10 bits per heavy atom. The van der Waals surface area contributed by atoms with E-state index >= 15 is 0 Å². The van der Waals surface area contributed by atoms with Crippen molar-refractivity contribution in [2.75, 3.05) is 5.32 Å². The van der Waals surface area contributed by atoms with Gasteiger partial charge in [-0.25, -0.2) is 0 Å². The van der Waals surface area contributed by atoms with Crippen molar-refractivity contribution in [1.82, 2.24) is 5.16 Å². The first-order chi connectivity index (χ1) is 9.66. The van der Waals surface area contributed by atoms with Gasteiger partial charge in [-0.15, -0.1) is 5.10 Å². The number of aromatic nitrogens is 1. The van der Waals surface area contributed by atoms with Gasteiger partial charge in [-0.2, -0.15) is 5.10 Å². The topological polar surface area (TPSA) is 79.8 Å². The summed E-state index contributed by atoms with van der Waals surface area (Å²) in [5.74, 6) is 0.421. The van der Waals surface area contributed by atoms with Gasteiger partial charge < -0.3 is 9.84 Å². The third-order valence-corrected chi connectivity index (χ3v) is 3.08. The molecule has 0 fully saturated rings. The lowest BCUT2D eigenvalue weighted by Gasteiger charge is -1.93. The van der Waals surface area contributed by atoms with Gasteiger partial charge in [0.05, 0.1) is 23.2 Å². The standard InChI is InChI=1S/C14H12N4O2/c1-8-11(9(2)20-18-8)7-15-17-13-10-5-3-4-6-12(10)16-14(13)19/h3-7H,1-2H3,(H,16,17,19)/b15-7+. The quantitative estimate of drug-likeness (QED) is 0.668. The molecule has 6 heteroatoms. The molecule has 100 valence electrons. The van der Waals surface area contributed by atoms with Crippen molar-refractivity contribution < 1.29 is 9.32 Å². The van der Waals surface area contributed by atoms with Crippen LogP contribution in [0.4, 0.5) is 5.69 Å². The zero-order chi connectivity index (χ0) is 14.1. The first-order valence-corrected chi connectivity index (χ1v) is 6.11. The summed E-state index contributed by atoms with van der Waals surface area (Å²) >= 11 is 0. The number of hydrogen-bond acceptors (Lipinski definition) is 5. The lowest BCUT2D eigenvalue weighted by Crippen LogP contribution is -2.13. The lowest BCUT2D eigenvalue weighted by molar-refractivity contribution is -0.110. The number of rotatable bonds is 2. The number of anilines is 1. The van der Waals surface area contributed by atoms with Crippen molar-refractivity contribution >= 4 is 23.5 Å². The highest BCUT2D eigenvalue weighted by atomic mass is 16.5. The van der Waals surface area contributed by atoms with Gasteiger partial charge >= 0.3 is 0 Å². The van der Waals surface area contributed by atoms with Gasteiger partial charge in [-0.1, -0.05) is 23.4 Å². The summed E-state index contributed by atoms with van der Waals surface area (Å²) in [6, 6.07) is 7.37. The molecular weight excluding hydrogens is 256 g/mol. The van der Waals surface area contributed by atoms with Gasteiger partial charge in [0.15, 0.2) is 5.71 Å². The number of aryl methyl sites for hydroxylation is 2. The third kappa shape index (κ3) is 2.01. The van der Waals surface area contributed by atoms with E-state index in [4.69, 9.17) is 4.52 Å². The van der Waals surface area contributed by atoms with E-state index in [9.17, 15) is 4.79 Å². The number of nitrogens with zero attached hydrogens (tertiary/aromatic N) is 3. The maximum absolute atomic E-state index is 11.8. The minimum absolute atomic E-state index is 0.248. The number of amides is 1. The van der Waals surface area contributed by atoms with Crippen LogP contribution in [0.5, 0.6) is 0 Å². The summed E-state index contributed by atoms with van der Waals surface area (Å²) in [4.78, 5) is 11.8. The van der Waals surface area contributed by atoms with Crippen LogP contribution in [0.1, 0.15) is 22.6 Å². The molecule has 1 aliphatic rings. The average molecular weight is 268 g/mol. The Labute approximate surface area is 115 Å². The van der Waals surface area contributed by atoms with E-state index in [1.54, 1.807) is 13.1 Å². The Bertz CT molecular complexity index is 724. The highest BCUT2D eigenvalue weighted by Crippen LogP contribution is 2.22. The monoisotopic (exact) mass is 268 g/mol. The van der Waals surface area contributed by atoms with Gasteiger partial charge in [-0.3, -0.25) is 4.79 Å². The van der Waals surface area contributed by atoms with Crippen LogP contribution in [0, 0.1) is 13.8 Å². The second-order valence-corrected chi connectivity index (χ2v) is 4.43. The SMILES string of the molecule is Cc1noc(C)c1/C=N/N=C1\C(=O)Nc2ccccc21. The van der Waals surface area contributed by atoms with Crippen LogP contribution in [-0.2, 0) is 4.79 Å². The van der Waals surface area contributed by atoms with Crippen molar-refractivity contribution in [1.29, 1.82) is 0 Å². The fraction of sp³-hybridized carbons (Fsp3) is 0.143. The van der Waals surface area contributed by atoms with E-state index in [0.29, 0.717) is 11.5 Å². The molecule has 2 aromatic rings. The highest BCUT2D eigenvalue weighted by Gasteiger charge is 2.25. The summed E-state index contributed by atoms with van der Waals surface area (Å²) in [7, 11) is 0. The van der Waals surface area contributed by atoms with Crippen molar-refractivity contribution in [3.63, 3.8) is 0 Å². The van der Waals surface area contributed by atoms with E-state index in [1.807, 2.05) is 31.2 Å². The smallest absolute Gasteiger partial charge is 0.276 e. The van der Waals surface area contributed by atoms with E-state index in [2.05, 4.69) is 20.7 Å². The van der Waals surface area contributed by atoms with Gasteiger partial charge in [0.2, 0.25) is 0 Å². The Morgan fingerprint density at radius 1 is 1.30 bits per heavy atom. The number of benzene rings is 1. The number of nitrogens with one attached hydrogen (secondary N) is 1. The van der Waals surface area contributed by atoms with E-state index in [1.165, 1.54) is 0 Å². The Hall–Kier alpha value is -2.76. The zero-order valence-corrected chi connectivity index (χ0v) is 11.0. The Kier molecular flexibility index (Phi) is 2.90. The summed E-state index contributed by atoms with van der Waals surface area (Å²) in [6.07, 6.45) is 1.54. The molecule has 0 radical (unpaired) electrons. The van der Waals surface area contributed by atoms with Crippen LogP contribution >= 0.6 is 0 Å². The van der Waals surface area contributed by atoms with Gasteiger partial charge in [-0.05, 0) is 19.9 Å². The van der Waals surface area contributed by atoms with Gasteiger partial charge in [0, 0.05) is 5.56 Å². The van der Waals surface area contributed by atoms with Crippen LogP contribution in [-0.4, -0.2) is 23.0 Å². The normalized spacial score (nSPS) is 15.9. The molecule has 20 heavy (non-hydrogen) atoms. The van der Waals surface area contributed by atoms with E-state index in [-0.39, 0.29) is 5.91 Å². The molecule has 0 atom stereocenters. The average Bonchev–Trinajstić information content (AvgIpc) is 2.92. The first-order valence-electron chi connectivity index (χ1n) is 6.11. The molecule has 0 aliphatic carbocycles. The molecule has 0 unspecified atom stereocenters. The number of hydrogen-bond donors (Lipinski definition) is 1. The maximum Gasteiger partial charge on any atom is 0.276 e. The largest absolute Gasteiger partial charge is 0.361 e. The van der Waals surface area contributed by atoms with Crippen LogP contribution in [0.25, 0.3) is 0 Å². The lowest BCUT2D eigenvalue weighted by atomic mass is 10.1. The molecule has 0 bridgehead atoms. The summed E-state index contributed by atoms with van der Waals surface area (Å²) < 4.78 is 5.03. The molecule has 1 aromatic heterocycles. The predicted octanol–water partition coefficient (Wildman–Crippen LogP) is 2.07. The number of fused-ring (bicyclic) bond motifs is 1. The molecular formula is C14H12N4O2. The number of para-hydroxylation sites is 1.